The summed E-state index contributed by atoms with van der Waals surface area (Å²) in [5.74, 6) is 0.822. The predicted octanol–water partition coefficient (Wildman–Crippen LogP) is 4.61. The lowest BCUT2D eigenvalue weighted by atomic mass is 9.84. The Morgan fingerprint density at radius 3 is 2.57 bits per heavy atom. The Labute approximate surface area is 134 Å². The molecule has 0 heterocycles. The zero-order valence-corrected chi connectivity index (χ0v) is 14.3. The average Bonchev–Trinajstić information content (AvgIpc) is 2.47. The van der Waals surface area contributed by atoms with Crippen molar-refractivity contribution in [2.45, 2.75) is 32.3 Å². The molecule has 0 aliphatic carbocycles. The Balaban J connectivity index is 2.40. The van der Waals surface area contributed by atoms with Crippen LogP contribution in [-0.2, 0) is 12.0 Å². The zero-order valence-electron chi connectivity index (χ0n) is 12.7. The number of methoxy groups -OCH3 is 1. The van der Waals surface area contributed by atoms with Crippen molar-refractivity contribution in [3.8, 4) is 5.75 Å². The normalized spacial score (nSPS) is 13.8. The van der Waals surface area contributed by atoms with E-state index in [1.54, 1.807) is 7.11 Å². The molecule has 0 spiro atoms. The molecule has 1 N–H and O–H groups in total. The molecule has 0 bridgehead atoms. The van der Waals surface area contributed by atoms with Gasteiger partial charge in [0.05, 0.1) is 12.7 Å². The molecule has 1 unspecified atom stereocenters. The van der Waals surface area contributed by atoms with E-state index in [0.717, 1.165) is 21.3 Å². The summed E-state index contributed by atoms with van der Waals surface area (Å²) in [6.45, 7) is 4.05. The molecule has 2 aromatic carbocycles. The quantitative estimate of drug-likeness (QED) is 0.854. The second kappa shape index (κ2) is 6.63. The molecule has 0 amide bonds. The van der Waals surface area contributed by atoms with E-state index in [1.807, 2.05) is 50.2 Å². The highest BCUT2D eigenvalue weighted by molar-refractivity contribution is 9.10. The lowest BCUT2D eigenvalue weighted by molar-refractivity contribution is 0.0321. The van der Waals surface area contributed by atoms with Gasteiger partial charge in [0.15, 0.2) is 0 Å². The van der Waals surface area contributed by atoms with Crippen molar-refractivity contribution >= 4 is 15.9 Å². The largest absolute Gasteiger partial charge is 0.496 e. The molecule has 112 valence electrons. The summed E-state index contributed by atoms with van der Waals surface area (Å²) in [6.07, 6.45) is 1.17. The fourth-order valence-corrected chi connectivity index (χ4v) is 2.97. The Hall–Kier alpha value is -1.32. The minimum atomic E-state index is -0.898. The van der Waals surface area contributed by atoms with E-state index in [1.165, 1.54) is 5.56 Å². The van der Waals surface area contributed by atoms with Crippen molar-refractivity contribution in [2.24, 2.45) is 0 Å². The molecule has 1 atom stereocenters. The van der Waals surface area contributed by atoms with Gasteiger partial charge in [-0.3, -0.25) is 0 Å². The van der Waals surface area contributed by atoms with Gasteiger partial charge in [0.1, 0.15) is 5.75 Å². The molecule has 0 aliphatic heterocycles. The molecule has 2 aromatic rings. The summed E-state index contributed by atoms with van der Waals surface area (Å²) in [6, 6.07) is 13.9. The smallest absolute Gasteiger partial charge is 0.122 e. The monoisotopic (exact) mass is 348 g/mol. The van der Waals surface area contributed by atoms with Crippen LogP contribution < -0.4 is 4.74 Å². The molecular weight excluding hydrogens is 328 g/mol. The van der Waals surface area contributed by atoms with Crippen LogP contribution in [0.15, 0.2) is 46.9 Å². The summed E-state index contributed by atoms with van der Waals surface area (Å²) >= 11 is 3.47. The number of hydrogen-bond donors (Lipinski definition) is 1. The van der Waals surface area contributed by atoms with E-state index < -0.39 is 5.60 Å². The Morgan fingerprint density at radius 1 is 1.19 bits per heavy atom. The van der Waals surface area contributed by atoms with E-state index >= 15 is 0 Å². The van der Waals surface area contributed by atoms with Gasteiger partial charge in [-0.25, -0.2) is 0 Å². The number of aliphatic hydroxyl groups is 1. The standard InChI is InChI=1S/C18H21BrO2/c1-4-18(20,15-6-5-7-16(19)11-15)12-14-10-13(2)8-9-17(14)21-3/h5-11,20H,4,12H2,1-3H3. The van der Waals surface area contributed by atoms with Crippen LogP contribution in [0.2, 0.25) is 0 Å². The molecule has 2 rings (SSSR count). The lowest BCUT2D eigenvalue weighted by Crippen LogP contribution is -2.28. The van der Waals surface area contributed by atoms with Crippen LogP contribution in [0, 0.1) is 6.92 Å². The first kappa shape index (κ1) is 16.1. The molecule has 0 aromatic heterocycles. The first-order chi connectivity index (χ1) is 9.98. The summed E-state index contributed by atoms with van der Waals surface area (Å²) in [5, 5.41) is 11.1. The molecule has 0 aliphatic rings. The van der Waals surface area contributed by atoms with Gasteiger partial charge >= 0.3 is 0 Å². The van der Waals surface area contributed by atoms with E-state index in [2.05, 4.69) is 22.0 Å². The topological polar surface area (TPSA) is 29.5 Å². The van der Waals surface area contributed by atoms with Crippen LogP contribution in [0.25, 0.3) is 0 Å². The van der Waals surface area contributed by atoms with Gasteiger partial charge in [0.2, 0.25) is 0 Å². The highest BCUT2D eigenvalue weighted by atomic mass is 79.9. The minimum Gasteiger partial charge on any atom is -0.496 e. The van der Waals surface area contributed by atoms with Gasteiger partial charge in [0.25, 0.3) is 0 Å². The third kappa shape index (κ3) is 3.66. The van der Waals surface area contributed by atoms with Crippen LogP contribution in [0.4, 0.5) is 0 Å². The van der Waals surface area contributed by atoms with E-state index in [0.29, 0.717) is 12.8 Å². The summed E-state index contributed by atoms with van der Waals surface area (Å²) in [7, 11) is 1.66. The maximum Gasteiger partial charge on any atom is 0.122 e. The molecule has 0 fully saturated rings. The van der Waals surface area contributed by atoms with Crippen molar-refractivity contribution in [1.82, 2.24) is 0 Å². The summed E-state index contributed by atoms with van der Waals surface area (Å²) in [4.78, 5) is 0. The summed E-state index contributed by atoms with van der Waals surface area (Å²) in [5.41, 5.74) is 2.22. The van der Waals surface area contributed by atoms with Gasteiger partial charge in [-0.1, -0.05) is 52.7 Å². The molecule has 0 radical (unpaired) electrons. The second-order valence-electron chi connectivity index (χ2n) is 5.39. The SMILES string of the molecule is CCC(O)(Cc1cc(C)ccc1OC)c1cccc(Br)c1. The number of ether oxygens (including phenoxy) is 1. The third-order valence-electron chi connectivity index (χ3n) is 3.87. The highest BCUT2D eigenvalue weighted by Crippen LogP contribution is 2.34. The van der Waals surface area contributed by atoms with E-state index in [9.17, 15) is 5.11 Å². The molecule has 21 heavy (non-hydrogen) atoms. The molecule has 0 saturated heterocycles. The molecule has 3 heteroatoms. The first-order valence-electron chi connectivity index (χ1n) is 7.10. The van der Waals surface area contributed by atoms with Crippen molar-refractivity contribution in [3.05, 3.63) is 63.6 Å². The Kier molecular flexibility index (Phi) is 5.07. The van der Waals surface area contributed by atoms with Crippen LogP contribution in [-0.4, -0.2) is 12.2 Å². The van der Waals surface area contributed by atoms with Crippen molar-refractivity contribution in [1.29, 1.82) is 0 Å². The molecule has 2 nitrogen and oxygen atoms in total. The summed E-state index contributed by atoms with van der Waals surface area (Å²) < 4.78 is 6.41. The minimum absolute atomic E-state index is 0.533. The number of benzene rings is 2. The Morgan fingerprint density at radius 2 is 1.95 bits per heavy atom. The van der Waals surface area contributed by atoms with Crippen molar-refractivity contribution in [2.75, 3.05) is 7.11 Å². The maximum atomic E-state index is 11.1. The number of hydrogen-bond acceptors (Lipinski definition) is 2. The number of aryl methyl sites for hydroxylation is 1. The predicted molar refractivity (Wildman–Crippen MR) is 89.8 cm³/mol. The van der Waals surface area contributed by atoms with Crippen LogP contribution in [0.5, 0.6) is 5.75 Å². The fourth-order valence-electron chi connectivity index (χ4n) is 2.57. The fraction of sp³-hybridized carbons (Fsp3) is 0.333. The first-order valence-corrected chi connectivity index (χ1v) is 7.90. The average molecular weight is 349 g/mol. The number of halogens is 1. The zero-order chi connectivity index (χ0) is 15.5. The highest BCUT2D eigenvalue weighted by Gasteiger charge is 2.29. The Bertz CT molecular complexity index is 624. The third-order valence-corrected chi connectivity index (χ3v) is 4.36. The van der Waals surface area contributed by atoms with Gasteiger partial charge in [0, 0.05) is 10.9 Å². The van der Waals surface area contributed by atoms with Crippen molar-refractivity contribution in [3.63, 3.8) is 0 Å². The van der Waals surface area contributed by atoms with Crippen LogP contribution >= 0.6 is 15.9 Å². The van der Waals surface area contributed by atoms with Gasteiger partial charge in [-0.05, 0) is 42.7 Å². The second-order valence-corrected chi connectivity index (χ2v) is 6.30. The van der Waals surface area contributed by atoms with Crippen LogP contribution in [0.3, 0.4) is 0 Å². The molecular formula is C18H21BrO2. The number of rotatable bonds is 5. The van der Waals surface area contributed by atoms with Gasteiger partial charge < -0.3 is 9.84 Å². The van der Waals surface area contributed by atoms with Gasteiger partial charge in [-0.15, -0.1) is 0 Å². The van der Waals surface area contributed by atoms with Crippen LogP contribution in [0.1, 0.15) is 30.0 Å². The maximum absolute atomic E-state index is 11.1. The lowest BCUT2D eigenvalue weighted by Gasteiger charge is -2.28. The van der Waals surface area contributed by atoms with E-state index in [-0.39, 0.29) is 0 Å². The van der Waals surface area contributed by atoms with Gasteiger partial charge in [-0.2, -0.15) is 0 Å². The molecule has 0 saturated carbocycles. The van der Waals surface area contributed by atoms with E-state index in [4.69, 9.17) is 4.74 Å². The van der Waals surface area contributed by atoms with Crippen molar-refractivity contribution < 1.29 is 9.84 Å².